The van der Waals surface area contributed by atoms with Gasteiger partial charge in [-0.15, -0.1) is 0 Å². The van der Waals surface area contributed by atoms with Crippen LogP contribution in [0.1, 0.15) is 11.1 Å². The van der Waals surface area contributed by atoms with Crippen molar-refractivity contribution in [3.05, 3.63) is 58.0 Å². The number of Topliss-reactive ketones (excluding diaryl/α,β-unsaturated/α-hetero) is 1. The molecule has 0 fully saturated rings. The summed E-state index contributed by atoms with van der Waals surface area (Å²) in [6, 6.07) is 6.93. The quantitative estimate of drug-likeness (QED) is 0.841. The minimum absolute atomic E-state index is 0.0932. The second-order valence-electron chi connectivity index (χ2n) is 3.76. The Labute approximate surface area is 109 Å². The van der Waals surface area contributed by atoms with E-state index in [1.165, 1.54) is 0 Å². The molecule has 0 bridgehead atoms. The molecule has 4 heteroatoms. The van der Waals surface area contributed by atoms with Gasteiger partial charge in [0.1, 0.15) is 5.78 Å². The number of carbonyl (C=O) groups excluding carboxylic acids is 1. The Morgan fingerprint density at radius 1 is 1.18 bits per heavy atom. The molecule has 0 saturated carbocycles. The molecule has 0 atom stereocenters. The molecule has 2 rings (SSSR count). The first kappa shape index (κ1) is 12.2. The van der Waals surface area contributed by atoms with Crippen LogP contribution in [0.25, 0.3) is 0 Å². The maximum absolute atomic E-state index is 11.8. The van der Waals surface area contributed by atoms with Crippen molar-refractivity contribution in [2.45, 2.75) is 12.8 Å². The fraction of sp³-hybridized carbons (Fsp3) is 0.154. The molecular weight excluding hydrogens is 259 g/mol. The highest BCUT2D eigenvalue weighted by atomic mass is 35.5. The SMILES string of the molecule is O=C(Cc1ccoc1)Cc1ccc(Cl)cc1Cl. The van der Waals surface area contributed by atoms with Gasteiger partial charge in [-0.3, -0.25) is 4.79 Å². The summed E-state index contributed by atoms with van der Waals surface area (Å²) < 4.78 is 4.91. The van der Waals surface area contributed by atoms with Crippen LogP contribution >= 0.6 is 23.2 Å². The molecule has 1 aromatic heterocycles. The van der Waals surface area contributed by atoms with Gasteiger partial charge in [-0.2, -0.15) is 0 Å². The maximum atomic E-state index is 11.8. The van der Waals surface area contributed by atoms with Crippen molar-refractivity contribution in [2.24, 2.45) is 0 Å². The van der Waals surface area contributed by atoms with Crippen molar-refractivity contribution in [3.63, 3.8) is 0 Å². The zero-order valence-electron chi connectivity index (χ0n) is 8.95. The lowest BCUT2D eigenvalue weighted by Gasteiger charge is -2.03. The van der Waals surface area contributed by atoms with Crippen molar-refractivity contribution in [2.75, 3.05) is 0 Å². The molecule has 2 nitrogen and oxygen atoms in total. The van der Waals surface area contributed by atoms with E-state index in [4.69, 9.17) is 27.6 Å². The molecule has 1 heterocycles. The largest absolute Gasteiger partial charge is 0.472 e. The van der Waals surface area contributed by atoms with Gasteiger partial charge in [-0.1, -0.05) is 29.3 Å². The summed E-state index contributed by atoms with van der Waals surface area (Å²) in [6.07, 6.45) is 3.79. The van der Waals surface area contributed by atoms with Gasteiger partial charge in [-0.05, 0) is 29.3 Å². The Morgan fingerprint density at radius 3 is 2.65 bits per heavy atom. The molecular formula is C13H10Cl2O2. The highest BCUT2D eigenvalue weighted by Crippen LogP contribution is 2.21. The van der Waals surface area contributed by atoms with Gasteiger partial charge in [0, 0.05) is 22.9 Å². The minimum Gasteiger partial charge on any atom is -0.472 e. The molecule has 0 radical (unpaired) electrons. The van der Waals surface area contributed by atoms with Crippen molar-refractivity contribution in [3.8, 4) is 0 Å². The molecule has 2 aromatic rings. The zero-order valence-corrected chi connectivity index (χ0v) is 10.5. The van der Waals surface area contributed by atoms with Crippen LogP contribution < -0.4 is 0 Å². The van der Waals surface area contributed by atoms with Crippen molar-refractivity contribution < 1.29 is 9.21 Å². The van der Waals surface area contributed by atoms with Crippen LogP contribution in [0.2, 0.25) is 10.0 Å². The van der Waals surface area contributed by atoms with Gasteiger partial charge in [0.05, 0.1) is 12.5 Å². The molecule has 0 saturated heterocycles. The third kappa shape index (κ3) is 3.35. The van der Waals surface area contributed by atoms with E-state index >= 15 is 0 Å². The lowest BCUT2D eigenvalue weighted by Crippen LogP contribution is -2.06. The standard InChI is InChI=1S/C13H10Cl2O2/c14-11-2-1-10(13(15)7-11)6-12(16)5-9-3-4-17-8-9/h1-4,7-8H,5-6H2. The Hall–Kier alpha value is -1.25. The van der Waals surface area contributed by atoms with E-state index in [0.29, 0.717) is 22.9 Å². The van der Waals surface area contributed by atoms with E-state index in [9.17, 15) is 4.79 Å². The summed E-state index contributed by atoms with van der Waals surface area (Å²) in [4.78, 5) is 11.8. The first-order valence-corrected chi connectivity index (χ1v) is 5.87. The Balaban J connectivity index is 2.03. The van der Waals surface area contributed by atoms with Crippen LogP contribution in [0.15, 0.2) is 41.2 Å². The van der Waals surface area contributed by atoms with Gasteiger partial charge >= 0.3 is 0 Å². The number of hydrogen-bond acceptors (Lipinski definition) is 2. The lowest BCUT2D eigenvalue weighted by molar-refractivity contribution is -0.117. The molecule has 88 valence electrons. The van der Waals surface area contributed by atoms with Crippen LogP contribution in [0.3, 0.4) is 0 Å². The van der Waals surface area contributed by atoms with Gasteiger partial charge < -0.3 is 4.42 Å². The first-order chi connectivity index (χ1) is 8.15. The predicted octanol–water partition coefficient (Wildman–Crippen LogP) is 3.94. The first-order valence-electron chi connectivity index (χ1n) is 5.12. The molecule has 0 N–H and O–H groups in total. The number of carbonyl (C=O) groups is 1. The van der Waals surface area contributed by atoms with Gasteiger partial charge in [0.25, 0.3) is 0 Å². The molecule has 1 aromatic carbocycles. The van der Waals surface area contributed by atoms with Crippen LogP contribution in [-0.2, 0) is 17.6 Å². The normalized spacial score (nSPS) is 10.5. The molecule has 0 aliphatic rings. The summed E-state index contributed by atoms with van der Waals surface area (Å²) in [5.74, 6) is 0.0932. The van der Waals surface area contributed by atoms with E-state index in [1.54, 1.807) is 36.8 Å². The summed E-state index contributed by atoms with van der Waals surface area (Å²) in [6.45, 7) is 0. The lowest BCUT2D eigenvalue weighted by atomic mass is 10.0. The van der Waals surface area contributed by atoms with Gasteiger partial charge in [0.15, 0.2) is 0 Å². The summed E-state index contributed by atoms with van der Waals surface area (Å²) in [7, 11) is 0. The summed E-state index contributed by atoms with van der Waals surface area (Å²) in [5.41, 5.74) is 1.67. The zero-order chi connectivity index (χ0) is 12.3. The van der Waals surface area contributed by atoms with E-state index < -0.39 is 0 Å². The highest BCUT2D eigenvalue weighted by molar-refractivity contribution is 6.35. The Bertz CT molecular complexity index is 518. The van der Waals surface area contributed by atoms with E-state index in [1.807, 2.05) is 0 Å². The summed E-state index contributed by atoms with van der Waals surface area (Å²) >= 11 is 11.8. The van der Waals surface area contributed by atoms with Crippen LogP contribution in [0, 0.1) is 0 Å². The van der Waals surface area contributed by atoms with Crippen LogP contribution in [0.4, 0.5) is 0 Å². The Kier molecular flexibility index (Phi) is 3.87. The molecule has 0 amide bonds. The number of halogens is 2. The molecule has 0 unspecified atom stereocenters. The number of rotatable bonds is 4. The number of benzene rings is 1. The van der Waals surface area contributed by atoms with Crippen molar-refractivity contribution in [1.82, 2.24) is 0 Å². The van der Waals surface area contributed by atoms with Crippen molar-refractivity contribution in [1.29, 1.82) is 0 Å². The van der Waals surface area contributed by atoms with Crippen LogP contribution in [-0.4, -0.2) is 5.78 Å². The molecule has 0 aliphatic heterocycles. The van der Waals surface area contributed by atoms with E-state index in [0.717, 1.165) is 11.1 Å². The number of hydrogen-bond donors (Lipinski definition) is 0. The molecule has 17 heavy (non-hydrogen) atoms. The third-order valence-electron chi connectivity index (χ3n) is 2.38. The summed E-state index contributed by atoms with van der Waals surface area (Å²) in [5, 5.41) is 1.10. The monoisotopic (exact) mass is 268 g/mol. The molecule has 0 spiro atoms. The fourth-order valence-corrected chi connectivity index (χ4v) is 2.04. The average Bonchev–Trinajstić information content (AvgIpc) is 2.75. The smallest absolute Gasteiger partial charge is 0.141 e. The highest BCUT2D eigenvalue weighted by Gasteiger charge is 2.09. The fourth-order valence-electron chi connectivity index (χ4n) is 1.56. The van der Waals surface area contributed by atoms with E-state index in [-0.39, 0.29) is 5.78 Å². The number of ketones is 1. The van der Waals surface area contributed by atoms with E-state index in [2.05, 4.69) is 0 Å². The number of furan rings is 1. The van der Waals surface area contributed by atoms with Crippen molar-refractivity contribution >= 4 is 29.0 Å². The Morgan fingerprint density at radius 2 is 2.00 bits per heavy atom. The third-order valence-corrected chi connectivity index (χ3v) is 2.97. The molecule has 0 aliphatic carbocycles. The average molecular weight is 269 g/mol. The second kappa shape index (κ2) is 5.39. The maximum Gasteiger partial charge on any atom is 0.141 e. The minimum atomic E-state index is 0.0932. The second-order valence-corrected chi connectivity index (χ2v) is 4.60. The topological polar surface area (TPSA) is 30.2 Å². The van der Waals surface area contributed by atoms with Gasteiger partial charge in [0.2, 0.25) is 0 Å². The van der Waals surface area contributed by atoms with Crippen LogP contribution in [0.5, 0.6) is 0 Å². The van der Waals surface area contributed by atoms with Gasteiger partial charge in [-0.25, -0.2) is 0 Å². The predicted molar refractivity (Wildman–Crippen MR) is 67.6 cm³/mol.